The van der Waals surface area contributed by atoms with Gasteiger partial charge in [-0.05, 0) is 34.1 Å². The molecule has 0 saturated heterocycles. The van der Waals surface area contributed by atoms with Gasteiger partial charge in [0.2, 0.25) is 5.91 Å². The molecular weight excluding hydrogens is 277 g/mol. The number of rotatable bonds is 2. The Bertz CT molecular complexity index is 330. The van der Waals surface area contributed by atoms with E-state index in [9.17, 15) is 4.79 Å². The summed E-state index contributed by atoms with van der Waals surface area (Å²) in [5, 5.41) is 3.16. The van der Waals surface area contributed by atoms with Crippen LogP contribution in [0.2, 0.25) is 5.02 Å². The van der Waals surface area contributed by atoms with Gasteiger partial charge in [0.15, 0.2) is 0 Å². The van der Waals surface area contributed by atoms with Crippen LogP contribution in [0.3, 0.4) is 0 Å². The van der Waals surface area contributed by atoms with Gasteiger partial charge in [0.1, 0.15) is 5.88 Å². The molecule has 0 aliphatic rings. The molecule has 0 heterocycles. The summed E-state index contributed by atoms with van der Waals surface area (Å²) in [6.07, 6.45) is 0. The Hall–Kier alpha value is -0.250. The molecule has 0 saturated carbocycles. The Labute approximate surface area is 94.3 Å². The van der Waals surface area contributed by atoms with Crippen LogP contribution >= 0.6 is 39.1 Å². The third-order valence-electron chi connectivity index (χ3n) is 1.32. The van der Waals surface area contributed by atoms with E-state index in [1.165, 1.54) is 0 Å². The van der Waals surface area contributed by atoms with Crippen molar-refractivity contribution in [3.05, 3.63) is 27.7 Å². The first-order chi connectivity index (χ1) is 6.13. The maximum absolute atomic E-state index is 10.9. The molecule has 0 unspecified atom stereocenters. The summed E-state index contributed by atoms with van der Waals surface area (Å²) in [6, 6.07) is 5.13. The molecule has 0 aromatic heterocycles. The molecule has 5 heteroatoms. The number of alkyl halides is 1. The number of hydrogen-bond acceptors (Lipinski definition) is 1. The number of anilines is 1. The van der Waals surface area contributed by atoms with Gasteiger partial charge >= 0.3 is 0 Å². The second-order valence-electron chi connectivity index (χ2n) is 2.31. The number of carbonyl (C=O) groups excluding carboxylic acids is 1. The van der Waals surface area contributed by atoms with Crippen molar-refractivity contribution in [1.29, 1.82) is 0 Å². The predicted molar refractivity (Wildman–Crippen MR) is 58.5 cm³/mol. The van der Waals surface area contributed by atoms with Gasteiger partial charge in [-0.15, -0.1) is 11.6 Å². The van der Waals surface area contributed by atoms with E-state index in [4.69, 9.17) is 23.2 Å². The number of benzene rings is 1. The molecule has 0 radical (unpaired) electrons. The predicted octanol–water partition coefficient (Wildman–Crippen LogP) is 3.28. The molecule has 2 nitrogen and oxygen atoms in total. The lowest BCUT2D eigenvalue weighted by molar-refractivity contribution is -0.113. The van der Waals surface area contributed by atoms with Gasteiger partial charge in [-0.3, -0.25) is 4.79 Å². The van der Waals surface area contributed by atoms with E-state index in [0.717, 1.165) is 4.47 Å². The maximum Gasteiger partial charge on any atom is 0.239 e. The van der Waals surface area contributed by atoms with Gasteiger partial charge in [-0.25, -0.2) is 0 Å². The van der Waals surface area contributed by atoms with Crippen molar-refractivity contribution < 1.29 is 4.79 Å². The smallest absolute Gasteiger partial charge is 0.239 e. The van der Waals surface area contributed by atoms with Crippen molar-refractivity contribution in [3.63, 3.8) is 0 Å². The first kappa shape index (κ1) is 10.8. The molecular formula is C8H6BrCl2NO. The van der Waals surface area contributed by atoms with Crippen molar-refractivity contribution >= 4 is 50.7 Å². The van der Waals surface area contributed by atoms with E-state index >= 15 is 0 Å². The van der Waals surface area contributed by atoms with E-state index in [2.05, 4.69) is 21.2 Å². The average molecular weight is 283 g/mol. The highest BCUT2D eigenvalue weighted by Crippen LogP contribution is 2.25. The molecule has 0 fully saturated rings. The summed E-state index contributed by atoms with van der Waals surface area (Å²) in [4.78, 5) is 10.9. The Morgan fingerprint density at radius 2 is 2.23 bits per heavy atom. The van der Waals surface area contributed by atoms with Crippen LogP contribution in [0, 0.1) is 0 Å². The molecule has 1 aromatic carbocycles. The molecule has 0 spiro atoms. The first-order valence-electron chi connectivity index (χ1n) is 3.44. The van der Waals surface area contributed by atoms with Gasteiger partial charge in [-0.1, -0.05) is 11.6 Å². The lowest BCUT2D eigenvalue weighted by Gasteiger charge is -2.05. The normalized spacial score (nSPS) is 9.77. The average Bonchev–Trinajstić information content (AvgIpc) is 2.11. The minimum absolute atomic E-state index is 0.0705. The highest BCUT2D eigenvalue weighted by Gasteiger charge is 2.04. The minimum atomic E-state index is -0.260. The summed E-state index contributed by atoms with van der Waals surface area (Å²) in [6.45, 7) is 0. The zero-order valence-corrected chi connectivity index (χ0v) is 9.58. The maximum atomic E-state index is 10.9. The van der Waals surface area contributed by atoms with Crippen LogP contribution in [0.25, 0.3) is 0 Å². The Balaban J connectivity index is 2.87. The first-order valence-corrected chi connectivity index (χ1v) is 5.15. The third-order valence-corrected chi connectivity index (χ3v) is 2.49. The molecule has 1 amide bonds. The largest absolute Gasteiger partial charge is 0.324 e. The van der Waals surface area contributed by atoms with Crippen LogP contribution in [0.15, 0.2) is 22.7 Å². The van der Waals surface area contributed by atoms with Crippen LogP contribution in [0.5, 0.6) is 0 Å². The molecule has 0 bridgehead atoms. The van der Waals surface area contributed by atoms with Crippen molar-refractivity contribution in [2.75, 3.05) is 11.2 Å². The molecule has 13 heavy (non-hydrogen) atoms. The van der Waals surface area contributed by atoms with E-state index in [-0.39, 0.29) is 11.8 Å². The van der Waals surface area contributed by atoms with Crippen molar-refractivity contribution in [1.82, 2.24) is 0 Å². The lowest BCUT2D eigenvalue weighted by atomic mass is 10.3. The van der Waals surface area contributed by atoms with E-state index < -0.39 is 0 Å². The van der Waals surface area contributed by atoms with Crippen LogP contribution in [-0.4, -0.2) is 11.8 Å². The molecule has 1 rings (SSSR count). The Kier molecular flexibility index (Phi) is 4.03. The van der Waals surface area contributed by atoms with Crippen LogP contribution in [0.4, 0.5) is 5.69 Å². The molecule has 70 valence electrons. The fourth-order valence-corrected chi connectivity index (χ4v) is 1.36. The molecule has 0 atom stereocenters. The third kappa shape index (κ3) is 3.18. The van der Waals surface area contributed by atoms with Gasteiger partial charge in [0, 0.05) is 9.50 Å². The van der Waals surface area contributed by atoms with Gasteiger partial charge in [-0.2, -0.15) is 0 Å². The van der Waals surface area contributed by atoms with Crippen molar-refractivity contribution in [3.8, 4) is 0 Å². The van der Waals surface area contributed by atoms with Gasteiger partial charge < -0.3 is 5.32 Å². The summed E-state index contributed by atoms with van der Waals surface area (Å²) < 4.78 is 0.773. The van der Waals surface area contributed by atoms with E-state index in [1.807, 2.05) is 0 Å². The second-order valence-corrected chi connectivity index (χ2v) is 3.86. The lowest BCUT2D eigenvalue weighted by Crippen LogP contribution is -2.12. The van der Waals surface area contributed by atoms with E-state index in [0.29, 0.717) is 10.7 Å². The number of amides is 1. The zero-order chi connectivity index (χ0) is 9.84. The van der Waals surface area contributed by atoms with Gasteiger partial charge in [0.05, 0.1) is 5.69 Å². The van der Waals surface area contributed by atoms with Crippen molar-refractivity contribution in [2.45, 2.75) is 0 Å². The monoisotopic (exact) mass is 281 g/mol. The van der Waals surface area contributed by atoms with Crippen LogP contribution in [0.1, 0.15) is 0 Å². The molecule has 1 aromatic rings. The number of carbonyl (C=O) groups is 1. The van der Waals surface area contributed by atoms with E-state index in [1.54, 1.807) is 18.2 Å². The minimum Gasteiger partial charge on any atom is -0.324 e. The summed E-state index contributed by atoms with van der Waals surface area (Å²) in [7, 11) is 0. The highest BCUT2D eigenvalue weighted by atomic mass is 79.9. The second kappa shape index (κ2) is 4.84. The van der Waals surface area contributed by atoms with Crippen LogP contribution < -0.4 is 5.32 Å². The number of hydrogen-bond donors (Lipinski definition) is 1. The molecule has 0 aliphatic heterocycles. The highest BCUT2D eigenvalue weighted by molar-refractivity contribution is 9.10. The van der Waals surface area contributed by atoms with Crippen molar-refractivity contribution in [2.24, 2.45) is 0 Å². The quantitative estimate of drug-likeness (QED) is 0.829. The summed E-state index contributed by atoms with van der Waals surface area (Å²) in [5.41, 5.74) is 0.623. The number of nitrogens with one attached hydrogen (secondary N) is 1. The topological polar surface area (TPSA) is 29.1 Å². The zero-order valence-electron chi connectivity index (χ0n) is 6.48. The standard InChI is InChI=1S/C8H6BrCl2NO/c9-6-2-1-5(11)3-7(6)12-8(13)4-10/h1-3H,4H2,(H,12,13). The SMILES string of the molecule is O=C(CCl)Nc1cc(Cl)ccc1Br. The number of halogens is 3. The van der Waals surface area contributed by atoms with Gasteiger partial charge in [0.25, 0.3) is 0 Å². The fraction of sp³-hybridized carbons (Fsp3) is 0.125. The molecule has 0 aliphatic carbocycles. The summed E-state index contributed by atoms with van der Waals surface area (Å²) >= 11 is 14.3. The Morgan fingerprint density at radius 3 is 2.85 bits per heavy atom. The van der Waals surface area contributed by atoms with Crippen LogP contribution in [-0.2, 0) is 4.79 Å². The fourth-order valence-electron chi connectivity index (χ4n) is 0.777. The molecule has 1 N–H and O–H groups in total. The summed E-state index contributed by atoms with van der Waals surface area (Å²) in [5.74, 6) is -0.330. The Morgan fingerprint density at radius 1 is 1.54 bits per heavy atom.